The van der Waals surface area contributed by atoms with Crippen LogP contribution in [0.4, 0.5) is 0 Å². The highest BCUT2D eigenvalue weighted by Crippen LogP contribution is 2.01. The zero-order valence-electron chi connectivity index (χ0n) is 6.58. The van der Waals surface area contributed by atoms with Gasteiger partial charge in [0.25, 0.3) is 0 Å². The van der Waals surface area contributed by atoms with Gasteiger partial charge in [0, 0.05) is 13.5 Å². The van der Waals surface area contributed by atoms with Crippen molar-refractivity contribution in [2.45, 2.75) is 32.0 Å². The second kappa shape index (κ2) is 5.65. The molecule has 0 fully saturated rings. The Hall–Kier alpha value is -0.120. The molecule has 0 saturated carbocycles. The van der Waals surface area contributed by atoms with Crippen LogP contribution in [0.1, 0.15) is 19.8 Å². The zero-order chi connectivity index (χ0) is 7.98. The minimum atomic E-state index is -0.528. The Labute approximate surface area is 61.6 Å². The Balaban J connectivity index is 3.27. The first-order valence-corrected chi connectivity index (χ1v) is 3.55. The summed E-state index contributed by atoms with van der Waals surface area (Å²) in [4.78, 5) is 0. The molecule has 0 radical (unpaired) electrons. The van der Waals surface area contributed by atoms with E-state index in [0.29, 0.717) is 19.4 Å². The predicted octanol–water partition coefficient (Wildman–Crippen LogP) is 0.155. The number of hydrogen-bond donors (Lipinski definition) is 2. The molecule has 0 aromatic carbocycles. The van der Waals surface area contributed by atoms with Gasteiger partial charge in [-0.3, -0.25) is 0 Å². The summed E-state index contributed by atoms with van der Waals surface area (Å²) in [6.45, 7) is 2.18. The van der Waals surface area contributed by atoms with E-state index in [9.17, 15) is 0 Å². The second-order valence-electron chi connectivity index (χ2n) is 2.41. The fourth-order valence-corrected chi connectivity index (χ4v) is 0.741. The topological polar surface area (TPSA) is 49.7 Å². The quantitative estimate of drug-likeness (QED) is 0.583. The highest BCUT2D eigenvalue weighted by Gasteiger charge is 2.08. The van der Waals surface area contributed by atoms with Gasteiger partial charge in [-0.2, -0.15) is 0 Å². The molecule has 0 aliphatic rings. The van der Waals surface area contributed by atoms with E-state index in [2.05, 4.69) is 4.74 Å². The molecule has 0 spiro atoms. The van der Waals surface area contributed by atoms with E-state index in [4.69, 9.17) is 10.2 Å². The van der Waals surface area contributed by atoms with Crippen LogP contribution >= 0.6 is 0 Å². The molecule has 10 heavy (non-hydrogen) atoms. The molecule has 2 N–H and O–H groups in total. The molecule has 2 atom stereocenters. The largest absolute Gasteiger partial charge is 0.393 e. The third-order valence-electron chi connectivity index (χ3n) is 1.37. The van der Waals surface area contributed by atoms with E-state index in [1.807, 2.05) is 6.92 Å². The predicted molar refractivity (Wildman–Crippen MR) is 38.8 cm³/mol. The molecule has 62 valence electrons. The Kier molecular flexibility index (Phi) is 5.58. The number of aliphatic hydroxyl groups excluding tert-OH is 2. The third kappa shape index (κ3) is 4.73. The fraction of sp³-hybridized carbons (Fsp3) is 1.00. The molecule has 3 nitrogen and oxygen atoms in total. The summed E-state index contributed by atoms with van der Waals surface area (Å²) in [5, 5.41) is 18.1. The van der Waals surface area contributed by atoms with Crippen LogP contribution in [0.5, 0.6) is 0 Å². The first kappa shape index (κ1) is 9.88. The highest BCUT2D eigenvalue weighted by atomic mass is 16.5. The van der Waals surface area contributed by atoms with Gasteiger partial charge in [-0.25, -0.2) is 0 Å². The van der Waals surface area contributed by atoms with Gasteiger partial charge in [0.1, 0.15) is 0 Å². The molecule has 2 unspecified atom stereocenters. The van der Waals surface area contributed by atoms with Crippen LogP contribution in [0.15, 0.2) is 0 Å². The lowest BCUT2D eigenvalue weighted by Gasteiger charge is -2.12. The summed E-state index contributed by atoms with van der Waals surface area (Å²) >= 11 is 0. The van der Waals surface area contributed by atoms with Gasteiger partial charge in [-0.15, -0.1) is 0 Å². The van der Waals surface area contributed by atoms with Crippen LogP contribution in [0, 0.1) is 0 Å². The molecular weight excluding hydrogens is 132 g/mol. The van der Waals surface area contributed by atoms with Crippen molar-refractivity contribution >= 4 is 0 Å². The summed E-state index contributed by atoms with van der Waals surface area (Å²) < 4.78 is 4.69. The number of aliphatic hydroxyl groups is 2. The highest BCUT2D eigenvalue weighted by molar-refractivity contribution is 4.60. The van der Waals surface area contributed by atoms with Crippen molar-refractivity contribution in [2.75, 3.05) is 13.7 Å². The molecule has 3 heteroatoms. The smallest absolute Gasteiger partial charge is 0.0798 e. The van der Waals surface area contributed by atoms with Gasteiger partial charge in [-0.1, -0.05) is 6.92 Å². The van der Waals surface area contributed by atoms with Crippen molar-refractivity contribution in [1.82, 2.24) is 0 Å². The Bertz CT molecular complexity index is 75.3. The molecule has 0 amide bonds. The summed E-state index contributed by atoms with van der Waals surface area (Å²) in [6, 6.07) is 0. The molecule has 0 aromatic heterocycles. The number of ether oxygens (including phenoxy) is 1. The maximum atomic E-state index is 9.07. The summed E-state index contributed by atoms with van der Waals surface area (Å²) in [6.07, 6.45) is 0.163. The monoisotopic (exact) mass is 148 g/mol. The van der Waals surface area contributed by atoms with E-state index in [-0.39, 0.29) is 0 Å². The number of hydrogen-bond acceptors (Lipinski definition) is 3. The van der Waals surface area contributed by atoms with Crippen LogP contribution in [0.25, 0.3) is 0 Å². The SMILES string of the molecule is CCC(O)CC(O)COC. The van der Waals surface area contributed by atoms with Gasteiger partial charge in [-0.05, 0) is 6.42 Å². The number of methoxy groups -OCH3 is 1. The fourth-order valence-electron chi connectivity index (χ4n) is 0.741. The van der Waals surface area contributed by atoms with Crippen molar-refractivity contribution < 1.29 is 14.9 Å². The lowest BCUT2D eigenvalue weighted by Crippen LogP contribution is -2.21. The van der Waals surface area contributed by atoms with Crippen LogP contribution in [0.2, 0.25) is 0 Å². The third-order valence-corrected chi connectivity index (χ3v) is 1.37. The Morgan fingerprint density at radius 2 is 1.90 bits per heavy atom. The normalized spacial score (nSPS) is 16.8. The van der Waals surface area contributed by atoms with Crippen molar-refractivity contribution in [2.24, 2.45) is 0 Å². The second-order valence-corrected chi connectivity index (χ2v) is 2.41. The minimum absolute atomic E-state index is 0.303. The van der Waals surface area contributed by atoms with Crippen LogP contribution in [-0.2, 0) is 4.74 Å². The van der Waals surface area contributed by atoms with Gasteiger partial charge >= 0.3 is 0 Å². The lowest BCUT2D eigenvalue weighted by atomic mass is 10.1. The van der Waals surface area contributed by atoms with Crippen molar-refractivity contribution in [3.8, 4) is 0 Å². The van der Waals surface area contributed by atoms with Crippen molar-refractivity contribution in [3.05, 3.63) is 0 Å². The summed E-state index contributed by atoms with van der Waals surface area (Å²) in [5.74, 6) is 0. The molecule has 0 aliphatic carbocycles. The number of rotatable bonds is 5. The summed E-state index contributed by atoms with van der Waals surface area (Å²) in [5.41, 5.74) is 0. The molecule has 0 saturated heterocycles. The van der Waals surface area contributed by atoms with Crippen LogP contribution in [-0.4, -0.2) is 36.1 Å². The average Bonchev–Trinajstić information content (AvgIpc) is 1.88. The van der Waals surface area contributed by atoms with E-state index in [1.54, 1.807) is 0 Å². The van der Waals surface area contributed by atoms with E-state index < -0.39 is 12.2 Å². The van der Waals surface area contributed by atoms with Crippen LogP contribution in [0.3, 0.4) is 0 Å². The Morgan fingerprint density at radius 3 is 2.30 bits per heavy atom. The van der Waals surface area contributed by atoms with E-state index in [1.165, 1.54) is 7.11 Å². The first-order chi connectivity index (χ1) is 4.70. The van der Waals surface area contributed by atoms with E-state index in [0.717, 1.165) is 0 Å². The molecule has 0 bridgehead atoms. The first-order valence-electron chi connectivity index (χ1n) is 3.55. The van der Waals surface area contributed by atoms with Crippen LogP contribution < -0.4 is 0 Å². The molecule has 0 aromatic rings. The van der Waals surface area contributed by atoms with Gasteiger partial charge < -0.3 is 14.9 Å². The zero-order valence-corrected chi connectivity index (χ0v) is 6.58. The lowest BCUT2D eigenvalue weighted by molar-refractivity contribution is 0.0239. The van der Waals surface area contributed by atoms with E-state index >= 15 is 0 Å². The average molecular weight is 148 g/mol. The van der Waals surface area contributed by atoms with Gasteiger partial charge in [0.05, 0.1) is 18.8 Å². The van der Waals surface area contributed by atoms with Crippen molar-refractivity contribution in [3.63, 3.8) is 0 Å². The Morgan fingerprint density at radius 1 is 1.30 bits per heavy atom. The van der Waals surface area contributed by atoms with Gasteiger partial charge in [0.2, 0.25) is 0 Å². The summed E-state index contributed by atoms with van der Waals surface area (Å²) in [7, 11) is 1.53. The minimum Gasteiger partial charge on any atom is -0.393 e. The maximum absolute atomic E-state index is 9.07. The van der Waals surface area contributed by atoms with Gasteiger partial charge in [0.15, 0.2) is 0 Å². The standard InChI is InChI=1S/C7H16O3/c1-3-6(8)4-7(9)5-10-2/h6-9H,3-5H2,1-2H3. The molecule has 0 heterocycles. The molecule has 0 rings (SSSR count). The van der Waals surface area contributed by atoms with Crippen molar-refractivity contribution in [1.29, 1.82) is 0 Å². The maximum Gasteiger partial charge on any atom is 0.0798 e. The molecular formula is C7H16O3. The molecule has 0 aliphatic heterocycles.